The van der Waals surface area contributed by atoms with Gasteiger partial charge in [0, 0.05) is 17.3 Å². The zero-order valence-corrected chi connectivity index (χ0v) is 14.3. The van der Waals surface area contributed by atoms with Gasteiger partial charge in [-0.05, 0) is 58.9 Å². The number of rotatable bonds is 6. The fraction of sp³-hybridized carbons (Fsp3) is 0.421. The Bertz CT molecular complexity index is 561. The lowest BCUT2D eigenvalue weighted by atomic mass is 9.83. The van der Waals surface area contributed by atoms with Crippen molar-refractivity contribution in [1.82, 2.24) is 4.98 Å². The summed E-state index contributed by atoms with van der Waals surface area (Å²) in [7, 11) is 0. The quantitative estimate of drug-likeness (QED) is 0.638. The molecule has 0 radical (unpaired) electrons. The molecule has 1 nitrogen and oxygen atoms in total. The molecule has 112 valence electrons. The zero-order chi connectivity index (χ0) is 15.3. The molecule has 0 unspecified atom stereocenters. The van der Waals surface area contributed by atoms with Crippen molar-refractivity contribution in [2.75, 3.05) is 5.75 Å². The third-order valence-electron chi connectivity index (χ3n) is 3.98. The lowest BCUT2D eigenvalue weighted by molar-refractivity contribution is 0.510. The van der Waals surface area contributed by atoms with E-state index in [1.54, 1.807) is 0 Å². The minimum atomic E-state index is 0.200. The lowest BCUT2D eigenvalue weighted by Gasteiger charge is -2.25. The molecule has 0 bridgehead atoms. The first kappa shape index (κ1) is 16.1. The van der Waals surface area contributed by atoms with Crippen molar-refractivity contribution in [3.63, 3.8) is 0 Å². The van der Waals surface area contributed by atoms with Crippen LogP contribution in [0.2, 0.25) is 0 Å². The van der Waals surface area contributed by atoms with Gasteiger partial charge in [0.1, 0.15) is 0 Å². The Balaban J connectivity index is 1.93. The molecule has 1 aromatic carbocycles. The van der Waals surface area contributed by atoms with Crippen LogP contribution in [-0.4, -0.2) is 10.7 Å². The van der Waals surface area contributed by atoms with Crippen molar-refractivity contribution in [2.24, 2.45) is 0 Å². The summed E-state index contributed by atoms with van der Waals surface area (Å²) in [6, 6.07) is 13.2. The van der Waals surface area contributed by atoms with Gasteiger partial charge in [-0.3, -0.25) is 4.98 Å². The maximum absolute atomic E-state index is 4.11. The van der Waals surface area contributed by atoms with Crippen LogP contribution in [0.15, 0.2) is 53.7 Å². The van der Waals surface area contributed by atoms with Gasteiger partial charge in [0.05, 0.1) is 0 Å². The van der Waals surface area contributed by atoms with Crippen LogP contribution in [0.4, 0.5) is 0 Å². The summed E-state index contributed by atoms with van der Waals surface area (Å²) < 4.78 is 0. The second-order valence-electron chi connectivity index (χ2n) is 6.45. The third kappa shape index (κ3) is 4.60. The lowest BCUT2D eigenvalue weighted by Crippen LogP contribution is -2.18. The molecule has 0 fully saturated rings. The summed E-state index contributed by atoms with van der Waals surface area (Å²) >= 11 is 1.96. The predicted octanol–water partition coefficient (Wildman–Crippen LogP) is 5.67. The van der Waals surface area contributed by atoms with E-state index in [1.165, 1.54) is 16.0 Å². The van der Waals surface area contributed by atoms with Crippen LogP contribution in [-0.2, 0) is 5.41 Å². The largest absolute Gasteiger partial charge is 0.265 e. The molecule has 0 atom stereocenters. The molecule has 21 heavy (non-hydrogen) atoms. The molecule has 0 aliphatic rings. The van der Waals surface area contributed by atoms with E-state index in [0.29, 0.717) is 5.92 Å². The molecule has 0 N–H and O–H groups in total. The van der Waals surface area contributed by atoms with Crippen LogP contribution in [0.3, 0.4) is 0 Å². The van der Waals surface area contributed by atoms with Gasteiger partial charge in [0.15, 0.2) is 0 Å². The van der Waals surface area contributed by atoms with E-state index in [1.807, 2.05) is 24.2 Å². The highest BCUT2D eigenvalue weighted by Gasteiger charge is 2.19. The van der Waals surface area contributed by atoms with Crippen LogP contribution in [0.5, 0.6) is 0 Å². The Morgan fingerprint density at radius 3 is 2.48 bits per heavy atom. The number of thioether (sulfide) groups is 1. The van der Waals surface area contributed by atoms with Crippen LogP contribution < -0.4 is 0 Å². The monoisotopic (exact) mass is 299 g/mol. The van der Waals surface area contributed by atoms with Gasteiger partial charge in [-0.2, -0.15) is 0 Å². The van der Waals surface area contributed by atoms with Crippen molar-refractivity contribution < 1.29 is 0 Å². The summed E-state index contributed by atoms with van der Waals surface area (Å²) in [4.78, 5) is 5.49. The average Bonchev–Trinajstić information content (AvgIpc) is 2.48. The molecule has 0 amide bonds. The topological polar surface area (TPSA) is 12.9 Å². The van der Waals surface area contributed by atoms with E-state index >= 15 is 0 Å². The Kier molecular flexibility index (Phi) is 5.46. The van der Waals surface area contributed by atoms with Gasteiger partial charge < -0.3 is 0 Å². The first-order chi connectivity index (χ1) is 9.99. The van der Waals surface area contributed by atoms with E-state index < -0.39 is 0 Å². The Morgan fingerprint density at radius 2 is 1.81 bits per heavy atom. The molecule has 0 aliphatic heterocycles. The molecule has 1 heterocycles. The SMILES string of the molecule is CC(C)c1cccc(SCCC(C)(C)c2ccncc2)c1. The average molecular weight is 299 g/mol. The maximum Gasteiger partial charge on any atom is 0.0270 e. The summed E-state index contributed by atoms with van der Waals surface area (Å²) in [5, 5.41) is 0. The summed E-state index contributed by atoms with van der Waals surface area (Å²) in [6.45, 7) is 9.12. The summed E-state index contributed by atoms with van der Waals surface area (Å²) in [5.41, 5.74) is 2.99. The van der Waals surface area contributed by atoms with Crippen LogP contribution in [0, 0.1) is 0 Å². The van der Waals surface area contributed by atoms with E-state index in [9.17, 15) is 0 Å². The fourth-order valence-corrected chi connectivity index (χ4v) is 3.58. The van der Waals surface area contributed by atoms with E-state index in [2.05, 4.69) is 69.1 Å². The first-order valence-corrected chi connectivity index (χ1v) is 8.61. The van der Waals surface area contributed by atoms with Crippen molar-refractivity contribution in [2.45, 2.75) is 50.3 Å². The standard InChI is InChI=1S/C19H25NS/c1-15(2)16-6-5-7-18(14-16)21-13-10-19(3,4)17-8-11-20-12-9-17/h5-9,11-12,14-15H,10,13H2,1-4H3. The molecule has 0 saturated carbocycles. The second kappa shape index (κ2) is 7.13. The van der Waals surface area contributed by atoms with Crippen LogP contribution in [0.1, 0.15) is 51.2 Å². The zero-order valence-electron chi connectivity index (χ0n) is 13.5. The number of benzene rings is 1. The van der Waals surface area contributed by atoms with Crippen LogP contribution in [0.25, 0.3) is 0 Å². The summed E-state index contributed by atoms with van der Waals surface area (Å²) in [5.74, 6) is 1.73. The van der Waals surface area contributed by atoms with E-state index in [4.69, 9.17) is 0 Å². The van der Waals surface area contributed by atoms with E-state index in [0.717, 1.165) is 12.2 Å². The molecular formula is C19H25NS. The normalized spacial score (nSPS) is 11.9. The Labute approximate surface area is 133 Å². The minimum Gasteiger partial charge on any atom is -0.265 e. The molecule has 0 spiro atoms. The number of pyridine rings is 1. The number of hydrogen-bond acceptors (Lipinski definition) is 2. The highest BCUT2D eigenvalue weighted by atomic mass is 32.2. The van der Waals surface area contributed by atoms with Crippen molar-refractivity contribution >= 4 is 11.8 Å². The maximum atomic E-state index is 4.11. The Hall–Kier alpha value is -1.28. The molecule has 2 rings (SSSR count). The molecule has 2 heteroatoms. The van der Waals surface area contributed by atoms with Gasteiger partial charge in [-0.25, -0.2) is 0 Å². The van der Waals surface area contributed by atoms with Gasteiger partial charge in [-0.1, -0.05) is 39.8 Å². The molecule has 2 aromatic rings. The fourth-order valence-electron chi connectivity index (χ4n) is 2.33. The highest BCUT2D eigenvalue weighted by Crippen LogP contribution is 2.31. The molecule has 0 saturated heterocycles. The van der Waals surface area contributed by atoms with Gasteiger partial charge in [0.25, 0.3) is 0 Å². The van der Waals surface area contributed by atoms with Crippen molar-refractivity contribution in [3.05, 3.63) is 59.9 Å². The van der Waals surface area contributed by atoms with E-state index in [-0.39, 0.29) is 5.41 Å². The minimum absolute atomic E-state index is 0.200. The van der Waals surface area contributed by atoms with Crippen molar-refractivity contribution in [3.8, 4) is 0 Å². The molecular weight excluding hydrogens is 274 g/mol. The van der Waals surface area contributed by atoms with Crippen LogP contribution >= 0.6 is 11.8 Å². The third-order valence-corrected chi connectivity index (χ3v) is 4.98. The summed E-state index contributed by atoms with van der Waals surface area (Å²) in [6.07, 6.45) is 4.93. The predicted molar refractivity (Wildman–Crippen MR) is 93.1 cm³/mol. The van der Waals surface area contributed by atoms with Gasteiger partial charge in [-0.15, -0.1) is 11.8 Å². The Morgan fingerprint density at radius 1 is 1.10 bits per heavy atom. The first-order valence-electron chi connectivity index (χ1n) is 7.62. The molecule has 0 aliphatic carbocycles. The highest BCUT2D eigenvalue weighted by molar-refractivity contribution is 7.99. The number of nitrogens with zero attached hydrogens (tertiary/aromatic N) is 1. The smallest absolute Gasteiger partial charge is 0.0270 e. The number of aromatic nitrogens is 1. The molecule has 1 aromatic heterocycles. The van der Waals surface area contributed by atoms with Gasteiger partial charge >= 0.3 is 0 Å². The van der Waals surface area contributed by atoms with Gasteiger partial charge in [0.2, 0.25) is 0 Å². The number of hydrogen-bond donors (Lipinski definition) is 0. The van der Waals surface area contributed by atoms with Crippen molar-refractivity contribution in [1.29, 1.82) is 0 Å². The second-order valence-corrected chi connectivity index (χ2v) is 7.61.